The van der Waals surface area contributed by atoms with Crippen LogP contribution in [0.15, 0.2) is 29.4 Å². The quantitative estimate of drug-likeness (QED) is 0.331. The number of hydrogen-bond donors (Lipinski definition) is 2. The number of oxime groups is 1. The SMILES string of the molecule is C/C(Cc1ccc(OCCCCO)cc1)=N/O. The molecule has 0 radical (unpaired) electrons. The molecule has 1 aromatic carbocycles. The van der Waals surface area contributed by atoms with Crippen LogP contribution >= 0.6 is 0 Å². The maximum atomic E-state index is 8.62. The molecule has 0 spiro atoms. The predicted octanol–water partition coefficient (Wildman–Crippen LogP) is 2.23. The van der Waals surface area contributed by atoms with Crippen molar-refractivity contribution in [3.8, 4) is 5.75 Å². The number of ether oxygens (including phenoxy) is 1. The number of hydrogen-bond acceptors (Lipinski definition) is 4. The summed E-state index contributed by atoms with van der Waals surface area (Å²) >= 11 is 0. The van der Waals surface area contributed by atoms with E-state index in [4.69, 9.17) is 15.1 Å². The van der Waals surface area contributed by atoms with Crippen LogP contribution in [0.4, 0.5) is 0 Å². The second-order valence-corrected chi connectivity index (χ2v) is 3.94. The summed E-state index contributed by atoms with van der Waals surface area (Å²) in [4.78, 5) is 0. The number of rotatable bonds is 7. The van der Waals surface area contributed by atoms with Crippen LogP contribution in [-0.4, -0.2) is 29.2 Å². The van der Waals surface area contributed by atoms with E-state index >= 15 is 0 Å². The predicted molar refractivity (Wildman–Crippen MR) is 66.9 cm³/mol. The Balaban J connectivity index is 2.39. The summed E-state index contributed by atoms with van der Waals surface area (Å²) in [6.45, 7) is 2.61. The van der Waals surface area contributed by atoms with Crippen LogP contribution in [0, 0.1) is 0 Å². The molecule has 4 nitrogen and oxygen atoms in total. The molecule has 0 heterocycles. The van der Waals surface area contributed by atoms with E-state index < -0.39 is 0 Å². The van der Waals surface area contributed by atoms with Gasteiger partial charge in [0.15, 0.2) is 0 Å². The fourth-order valence-corrected chi connectivity index (χ4v) is 1.44. The standard InChI is InChI=1S/C13H19NO3/c1-11(14-16)10-12-4-6-13(7-5-12)17-9-3-2-8-15/h4-7,15-16H,2-3,8-10H2,1H3/b14-11-. The van der Waals surface area contributed by atoms with E-state index in [-0.39, 0.29) is 6.61 Å². The highest BCUT2D eigenvalue weighted by Crippen LogP contribution is 2.13. The van der Waals surface area contributed by atoms with Crippen molar-refractivity contribution >= 4 is 5.71 Å². The van der Waals surface area contributed by atoms with Crippen LogP contribution in [0.25, 0.3) is 0 Å². The Morgan fingerprint density at radius 2 is 1.94 bits per heavy atom. The second-order valence-electron chi connectivity index (χ2n) is 3.94. The second kappa shape index (κ2) is 7.68. The molecular weight excluding hydrogens is 218 g/mol. The minimum Gasteiger partial charge on any atom is -0.494 e. The number of aliphatic hydroxyl groups is 1. The molecule has 1 aromatic rings. The summed E-state index contributed by atoms with van der Waals surface area (Å²) in [5, 5.41) is 20.3. The average Bonchev–Trinajstić information content (AvgIpc) is 2.36. The molecule has 0 saturated heterocycles. The highest BCUT2D eigenvalue weighted by atomic mass is 16.5. The van der Waals surface area contributed by atoms with Gasteiger partial charge < -0.3 is 15.1 Å². The first-order chi connectivity index (χ1) is 8.26. The molecule has 0 atom stereocenters. The molecule has 0 aliphatic carbocycles. The maximum Gasteiger partial charge on any atom is 0.119 e. The van der Waals surface area contributed by atoms with E-state index in [9.17, 15) is 0 Å². The lowest BCUT2D eigenvalue weighted by molar-refractivity contribution is 0.253. The summed E-state index contributed by atoms with van der Waals surface area (Å²) < 4.78 is 5.50. The number of unbranched alkanes of at least 4 members (excludes halogenated alkanes) is 1. The van der Waals surface area contributed by atoms with E-state index in [1.165, 1.54) is 0 Å². The highest BCUT2D eigenvalue weighted by molar-refractivity contribution is 5.83. The van der Waals surface area contributed by atoms with Gasteiger partial charge in [-0.1, -0.05) is 17.3 Å². The van der Waals surface area contributed by atoms with Gasteiger partial charge in [0, 0.05) is 13.0 Å². The van der Waals surface area contributed by atoms with Crippen molar-refractivity contribution in [2.24, 2.45) is 5.16 Å². The van der Waals surface area contributed by atoms with E-state index in [0.717, 1.165) is 24.2 Å². The fourth-order valence-electron chi connectivity index (χ4n) is 1.44. The molecule has 0 unspecified atom stereocenters. The lowest BCUT2D eigenvalue weighted by Crippen LogP contribution is -2.00. The summed E-state index contributed by atoms with van der Waals surface area (Å²) in [5.41, 5.74) is 1.77. The van der Waals surface area contributed by atoms with Gasteiger partial charge in [-0.25, -0.2) is 0 Å². The molecule has 0 aromatic heterocycles. The van der Waals surface area contributed by atoms with Crippen LogP contribution in [0.2, 0.25) is 0 Å². The summed E-state index contributed by atoms with van der Waals surface area (Å²) in [6.07, 6.45) is 2.26. The molecule has 2 N–H and O–H groups in total. The van der Waals surface area contributed by atoms with Gasteiger partial charge in [0.1, 0.15) is 5.75 Å². The molecule has 0 aliphatic heterocycles. The molecule has 0 aliphatic rings. The van der Waals surface area contributed by atoms with E-state index in [1.807, 2.05) is 24.3 Å². The van der Waals surface area contributed by atoms with Gasteiger partial charge in [-0.3, -0.25) is 0 Å². The normalized spacial score (nSPS) is 11.5. The lowest BCUT2D eigenvalue weighted by atomic mass is 10.1. The minimum absolute atomic E-state index is 0.210. The minimum atomic E-state index is 0.210. The maximum absolute atomic E-state index is 8.62. The molecule has 0 bridgehead atoms. The van der Waals surface area contributed by atoms with Crippen LogP contribution in [0.3, 0.4) is 0 Å². The summed E-state index contributed by atoms with van der Waals surface area (Å²) in [5.74, 6) is 0.824. The Labute approximate surface area is 102 Å². The zero-order chi connectivity index (χ0) is 12.5. The molecule has 0 amide bonds. The van der Waals surface area contributed by atoms with Crippen molar-refractivity contribution in [1.82, 2.24) is 0 Å². The third-order valence-corrected chi connectivity index (χ3v) is 2.38. The zero-order valence-corrected chi connectivity index (χ0v) is 10.1. The van der Waals surface area contributed by atoms with Crippen molar-refractivity contribution in [2.45, 2.75) is 26.2 Å². The third kappa shape index (κ3) is 5.36. The van der Waals surface area contributed by atoms with Gasteiger partial charge in [-0.05, 0) is 37.5 Å². The molecule has 1 rings (SSSR count). The van der Waals surface area contributed by atoms with Crippen LogP contribution in [0.5, 0.6) is 5.75 Å². The third-order valence-electron chi connectivity index (χ3n) is 2.38. The molecule has 94 valence electrons. The van der Waals surface area contributed by atoms with Gasteiger partial charge in [-0.2, -0.15) is 0 Å². The Morgan fingerprint density at radius 3 is 2.53 bits per heavy atom. The zero-order valence-electron chi connectivity index (χ0n) is 10.1. The van der Waals surface area contributed by atoms with Gasteiger partial charge in [0.2, 0.25) is 0 Å². The Bertz CT molecular complexity index is 346. The molecule has 0 saturated carbocycles. The van der Waals surface area contributed by atoms with Crippen molar-refractivity contribution in [3.05, 3.63) is 29.8 Å². The van der Waals surface area contributed by atoms with Gasteiger partial charge in [-0.15, -0.1) is 0 Å². The Hall–Kier alpha value is -1.55. The van der Waals surface area contributed by atoms with Crippen molar-refractivity contribution in [3.63, 3.8) is 0 Å². The molecule has 4 heteroatoms. The van der Waals surface area contributed by atoms with Crippen LogP contribution in [-0.2, 0) is 6.42 Å². The topological polar surface area (TPSA) is 62.0 Å². The number of benzene rings is 1. The van der Waals surface area contributed by atoms with Crippen molar-refractivity contribution in [1.29, 1.82) is 0 Å². The summed E-state index contributed by atoms with van der Waals surface area (Å²) in [7, 11) is 0. The Morgan fingerprint density at radius 1 is 1.24 bits per heavy atom. The van der Waals surface area contributed by atoms with Crippen molar-refractivity contribution in [2.75, 3.05) is 13.2 Å². The van der Waals surface area contributed by atoms with Crippen LogP contribution in [0.1, 0.15) is 25.3 Å². The lowest BCUT2D eigenvalue weighted by Gasteiger charge is -2.06. The average molecular weight is 237 g/mol. The molecular formula is C13H19NO3. The molecule has 17 heavy (non-hydrogen) atoms. The van der Waals surface area contributed by atoms with E-state index in [0.29, 0.717) is 18.7 Å². The number of nitrogens with zero attached hydrogens (tertiary/aromatic N) is 1. The Kier molecular flexibility index (Phi) is 6.10. The first kappa shape index (κ1) is 13.5. The van der Waals surface area contributed by atoms with Gasteiger partial charge in [0.25, 0.3) is 0 Å². The molecule has 0 fully saturated rings. The van der Waals surface area contributed by atoms with Crippen LogP contribution < -0.4 is 4.74 Å². The van der Waals surface area contributed by atoms with Gasteiger partial charge >= 0.3 is 0 Å². The number of aliphatic hydroxyl groups excluding tert-OH is 1. The largest absolute Gasteiger partial charge is 0.494 e. The first-order valence-corrected chi connectivity index (χ1v) is 5.76. The summed E-state index contributed by atoms with van der Waals surface area (Å²) in [6, 6.07) is 7.71. The van der Waals surface area contributed by atoms with E-state index in [2.05, 4.69) is 5.16 Å². The monoisotopic (exact) mass is 237 g/mol. The van der Waals surface area contributed by atoms with Crippen molar-refractivity contribution < 1.29 is 15.1 Å². The van der Waals surface area contributed by atoms with E-state index in [1.54, 1.807) is 6.92 Å². The highest BCUT2D eigenvalue weighted by Gasteiger charge is 1.98. The fraction of sp³-hybridized carbons (Fsp3) is 0.462. The van der Waals surface area contributed by atoms with Gasteiger partial charge in [0.05, 0.1) is 12.3 Å². The smallest absolute Gasteiger partial charge is 0.119 e. The first-order valence-electron chi connectivity index (χ1n) is 5.76.